The summed E-state index contributed by atoms with van der Waals surface area (Å²) in [5, 5.41) is 35.7. The zero-order chi connectivity index (χ0) is 18.1. The van der Waals surface area contributed by atoms with Crippen LogP contribution in [0.3, 0.4) is 0 Å². The summed E-state index contributed by atoms with van der Waals surface area (Å²) >= 11 is 0. The topological polar surface area (TPSA) is 89.0 Å². The molecule has 1 aromatic heterocycles. The summed E-state index contributed by atoms with van der Waals surface area (Å²) in [5.74, 6) is -3.64. The minimum Gasteiger partial charge on any atom is -0.618 e. The van der Waals surface area contributed by atoms with Crippen LogP contribution in [0.25, 0.3) is 0 Å². The maximum absolute atomic E-state index is 13.6. The van der Waals surface area contributed by atoms with Gasteiger partial charge in [-0.2, -0.15) is 4.73 Å². The molecule has 1 heterocycles. The predicted molar refractivity (Wildman–Crippen MR) is 81.6 cm³/mol. The molecule has 0 spiro atoms. The van der Waals surface area contributed by atoms with Gasteiger partial charge in [0.15, 0.2) is 29.3 Å². The fraction of sp³-hybridized carbons (Fsp3) is 0.250. The van der Waals surface area contributed by atoms with Gasteiger partial charge in [-0.3, -0.25) is 0 Å². The van der Waals surface area contributed by atoms with Crippen LogP contribution in [-0.4, -0.2) is 21.5 Å². The van der Waals surface area contributed by atoms with Crippen LogP contribution >= 0.6 is 0 Å². The number of rotatable bonds is 3. The van der Waals surface area contributed by atoms with E-state index in [-0.39, 0.29) is 21.7 Å². The van der Waals surface area contributed by atoms with Crippen LogP contribution in [0.5, 0.6) is 11.5 Å². The van der Waals surface area contributed by atoms with Gasteiger partial charge in [0.2, 0.25) is 0 Å². The Bertz CT molecular complexity index is 781. The van der Waals surface area contributed by atoms with E-state index in [2.05, 4.69) is 5.16 Å². The molecule has 2 aromatic rings. The molecule has 0 saturated carbocycles. The van der Waals surface area contributed by atoms with Gasteiger partial charge in [-0.15, -0.1) is 0 Å². The summed E-state index contributed by atoms with van der Waals surface area (Å²) in [4.78, 5) is 5.23. The quantitative estimate of drug-likeness (QED) is 0.390. The Morgan fingerprint density at radius 3 is 2.38 bits per heavy atom. The number of aromatic hydroxyl groups is 2. The molecule has 24 heavy (non-hydrogen) atoms. The highest BCUT2D eigenvalue weighted by Crippen LogP contribution is 2.27. The Morgan fingerprint density at radius 1 is 1.17 bits per heavy atom. The third-order valence-corrected chi connectivity index (χ3v) is 2.87. The van der Waals surface area contributed by atoms with Gasteiger partial charge in [0.25, 0.3) is 5.69 Å². The van der Waals surface area contributed by atoms with E-state index in [0.717, 1.165) is 6.20 Å². The number of nitrogens with zero attached hydrogens (tertiary/aromatic N) is 2. The van der Waals surface area contributed by atoms with Gasteiger partial charge in [0.05, 0.1) is 5.56 Å². The Balaban J connectivity index is 2.72. The van der Waals surface area contributed by atoms with Gasteiger partial charge in [-0.05, 0) is 32.9 Å². The zero-order valence-electron chi connectivity index (χ0n) is 13.2. The standard InChI is InChI=1S/C16H16F2N2O4/c1-16(2,3)24-19-14(15-12(21)5-4-6-20(15)23)9-7-10(17)11(18)8-13(9)22/h4-8,21-22H,1-3H3/b19-14-. The SMILES string of the molecule is CC(C)(C)O/N=C(/c1cc(F)c(F)cc1O)c1c(O)ccc[n+]1[O-]. The molecule has 0 atom stereocenters. The van der Waals surface area contributed by atoms with Gasteiger partial charge < -0.3 is 20.3 Å². The van der Waals surface area contributed by atoms with E-state index in [0.29, 0.717) is 12.1 Å². The molecular weight excluding hydrogens is 322 g/mol. The summed E-state index contributed by atoms with van der Waals surface area (Å²) in [6.07, 6.45) is 1.08. The number of phenols is 1. The molecule has 2 N–H and O–H groups in total. The summed E-state index contributed by atoms with van der Waals surface area (Å²) in [5.41, 5.74) is -1.78. The van der Waals surface area contributed by atoms with Crippen molar-refractivity contribution in [2.45, 2.75) is 26.4 Å². The molecule has 0 aliphatic carbocycles. The number of phenolic OH excluding ortho intramolecular Hbond substituents is 1. The molecule has 0 unspecified atom stereocenters. The normalized spacial score (nSPS) is 12.3. The second kappa shape index (κ2) is 6.31. The van der Waals surface area contributed by atoms with E-state index >= 15 is 0 Å². The van der Waals surface area contributed by atoms with Crippen LogP contribution in [-0.2, 0) is 4.84 Å². The first kappa shape index (κ1) is 17.5. The number of hydrogen-bond acceptors (Lipinski definition) is 5. The molecular formula is C16H16F2N2O4. The van der Waals surface area contributed by atoms with E-state index in [4.69, 9.17) is 4.84 Å². The first-order valence-electron chi connectivity index (χ1n) is 6.96. The van der Waals surface area contributed by atoms with Crippen molar-refractivity contribution in [2.24, 2.45) is 5.16 Å². The summed E-state index contributed by atoms with van der Waals surface area (Å²) in [7, 11) is 0. The third kappa shape index (κ3) is 3.70. The minimum absolute atomic E-state index is 0.279. The van der Waals surface area contributed by atoms with E-state index in [1.54, 1.807) is 20.8 Å². The van der Waals surface area contributed by atoms with Gasteiger partial charge in [0, 0.05) is 12.1 Å². The van der Waals surface area contributed by atoms with Crippen LogP contribution in [0.15, 0.2) is 35.6 Å². The lowest BCUT2D eigenvalue weighted by Gasteiger charge is -2.17. The number of oxime groups is 1. The highest BCUT2D eigenvalue weighted by atomic mass is 19.2. The van der Waals surface area contributed by atoms with Crippen molar-refractivity contribution in [1.29, 1.82) is 0 Å². The Kier molecular flexibility index (Phi) is 4.59. The monoisotopic (exact) mass is 338 g/mol. The molecule has 0 aliphatic rings. The lowest BCUT2D eigenvalue weighted by atomic mass is 10.0. The number of pyridine rings is 1. The van der Waals surface area contributed by atoms with Crippen molar-refractivity contribution in [3.63, 3.8) is 0 Å². The lowest BCUT2D eigenvalue weighted by Crippen LogP contribution is -2.35. The molecule has 8 heteroatoms. The number of hydrogen-bond donors (Lipinski definition) is 2. The number of benzene rings is 1. The smallest absolute Gasteiger partial charge is 0.288 e. The molecule has 0 saturated heterocycles. The third-order valence-electron chi connectivity index (χ3n) is 2.87. The van der Waals surface area contributed by atoms with E-state index in [1.807, 2.05) is 0 Å². The van der Waals surface area contributed by atoms with Crippen LogP contribution < -0.4 is 4.73 Å². The van der Waals surface area contributed by atoms with Crippen LogP contribution in [0.4, 0.5) is 8.78 Å². The van der Waals surface area contributed by atoms with E-state index in [1.165, 1.54) is 12.1 Å². The Morgan fingerprint density at radius 2 is 1.79 bits per heavy atom. The van der Waals surface area contributed by atoms with Crippen LogP contribution in [0.1, 0.15) is 32.0 Å². The van der Waals surface area contributed by atoms with E-state index < -0.39 is 28.7 Å². The van der Waals surface area contributed by atoms with Gasteiger partial charge in [-0.25, -0.2) is 8.78 Å². The molecule has 2 rings (SSSR count). The minimum atomic E-state index is -1.26. The summed E-state index contributed by atoms with van der Waals surface area (Å²) < 4.78 is 27.1. The summed E-state index contributed by atoms with van der Waals surface area (Å²) in [6.45, 7) is 5.03. The zero-order valence-corrected chi connectivity index (χ0v) is 13.2. The van der Waals surface area contributed by atoms with Crippen molar-refractivity contribution >= 4 is 5.71 Å². The van der Waals surface area contributed by atoms with Crippen molar-refractivity contribution in [2.75, 3.05) is 0 Å². The average molecular weight is 338 g/mol. The maximum Gasteiger partial charge on any atom is 0.288 e. The molecule has 0 radical (unpaired) electrons. The van der Waals surface area contributed by atoms with Gasteiger partial charge >= 0.3 is 0 Å². The highest BCUT2D eigenvalue weighted by molar-refractivity contribution is 6.13. The van der Waals surface area contributed by atoms with Crippen LogP contribution in [0.2, 0.25) is 0 Å². The molecule has 0 amide bonds. The van der Waals surface area contributed by atoms with Crippen molar-refractivity contribution < 1.29 is 28.6 Å². The fourth-order valence-electron chi connectivity index (χ4n) is 1.83. The largest absolute Gasteiger partial charge is 0.618 e. The van der Waals surface area contributed by atoms with Gasteiger partial charge in [-0.1, -0.05) is 5.16 Å². The Hall–Kier alpha value is -2.90. The molecule has 1 aromatic carbocycles. The van der Waals surface area contributed by atoms with Crippen LogP contribution in [0, 0.1) is 16.8 Å². The first-order valence-corrected chi connectivity index (χ1v) is 6.96. The molecule has 128 valence electrons. The van der Waals surface area contributed by atoms with E-state index in [9.17, 15) is 24.2 Å². The second-order valence-electron chi connectivity index (χ2n) is 5.99. The van der Waals surface area contributed by atoms with Crippen molar-refractivity contribution in [3.8, 4) is 11.5 Å². The Labute approximate surface area is 136 Å². The number of halogens is 2. The maximum atomic E-state index is 13.6. The van der Waals surface area contributed by atoms with Crippen molar-refractivity contribution in [1.82, 2.24) is 0 Å². The molecule has 0 bridgehead atoms. The predicted octanol–water partition coefficient (Wildman–Crippen LogP) is 2.58. The molecule has 0 aliphatic heterocycles. The number of aromatic nitrogens is 1. The lowest BCUT2D eigenvalue weighted by molar-refractivity contribution is -0.607. The molecule has 6 nitrogen and oxygen atoms in total. The second-order valence-corrected chi connectivity index (χ2v) is 5.99. The highest BCUT2D eigenvalue weighted by Gasteiger charge is 2.27. The first-order chi connectivity index (χ1) is 11.1. The molecule has 0 fully saturated rings. The average Bonchev–Trinajstić information content (AvgIpc) is 2.45. The van der Waals surface area contributed by atoms with Gasteiger partial charge in [0.1, 0.15) is 11.4 Å². The summed E-state index contributed by atoms with van der Waals surface area (Å²) in [6, 6.07) is 3.72. The fourth-order valence-corrected chi connectivity index (χ4v) is 1.83. The van der Waals surface area contributed by atoms with Crippen molar-refractivity contribution in [3.05, 3.63) is 58.6 Å².